The second kappa shape index (κ2) is 4.20. The third-order valence-electron chi connectivity index (χ3n) is 1.65. The fourth-order valence-corrected chi connectivity index (χ4v) is 1.10. The van der Waals surface area contributed by atoms with Gasteiger partial charge in [0.15, 0.2) is 0 Å². The van der Waals surface area contributed by atoms with Crippen LogP contribution >= 0.6 is 0 Å². The number of hydrogen-bond acceptors (Lipinski definition) is 2. The summed E-state index contributed by atoms with van der Waals surface area (Å²) in [7, 11) is 0. The average Bonchev–Trinajstić information content (AvgIpc) is 2.42. The van der Waals surface area contributed by atoms with E-state index in [1.807, 2.05) is 20.0 Å². The maximum Gasteiger partial charge on any atom is 0.255 e. The Morgan fingerprint density at radius 3 is 2.85 bits per heavy atom. The lowest BCUT2D eigenvalue weighted by atomic mass is 10.6. The fourth-order valence-electron chi connectivity index (χ4n) is 1.10. The Hall–Kier alpha value is -1.13. The Balaban J connectivity index is 2.64. The SMILES string of the molecule is CCn1cc(C)nc1NCC(F)F. The van der Waals surface area contributed by atoms with E-state index in [-0.39, 0.29) is 6.54 Å². The number of imidazole rings is 1. The van der Waals surface area contributed by atoms with Crippen molar-refractivity contribution in [3.8, 4) is 0 Å². The summed E-state index contributed by atoms with van der Waals surface area (Å²) >= 11 is 0. The Morgan fingerprint density at radius 1 is 1.62 bits per heavy atom. The Kier molecular flexibility index (Phi) is 3.22. The molecule has 1 N–H and O–H groups in total. The molecule has 0 bridgehead atoms. The van der Waals surface area contributed by atoms with E-state index in [9.17, 15) is 8.78 Å². The topological polar surface area (TPSA) is 29.9 Å². The number of anilines is 1. The van der Waals surface area contributed by atoms with Crippen molar-refractivity contribution in [2.75, 3.05) is 11.9 Å². The summed E-state index contributed by atoms with van der Waals surface area (Å²) in [5.74, 6) is 0.514. The van der Waals surface area contributed by atoms with E-state index < -0.39 is 6.43 Å². The van der Waals surface area contributed by atoms with Crippen molar-refractivity contribution in [2.24, 2.45) is 0 Å². The number of alkyl halides is 2. The van der Waals surface area contributed by atoms with E-state index in [1.54, 1.807) is 4.57 Å². The molecule has 0 aromatic carbocycles. The molecule has 0 aliphatic heterocycles. The molecule has 0 aliphatic rings. The van der Waals surface area contributed by atoms with E-state index in [0.29, 0.717) is 5.95 Å². The standard InChI is InChI=1S/C8H13F2N3/c1-3-13-5-6(2)12-8(13)11-4-7(9)10/h5,7H,3-4H2,1-2H3,(H,11,12). The zero-order chi connectivity index (χ0) is 9.84. The Labute approximate surface area is 75.8 Å². The van der Waals surface area contributed by atoms with Gasteiger partial charge in [0.25, 0.3) is 6.43 Å². The minimum absolute atomic E-state index is 0.351. The highest BCUT2D eigenvalue weighted by Gasteiger charge is 2.06. The Bertz CT molecular complexity index is 270. The molecule has 0 atom stereocenters. The molecular weight excluding hydrogens is 176 g/mol. The minimum Gasteiger partial charge on any atom is -0.350 e. The number of aromatic nitrogens is 2. The van der Waals surface area contributed by atoms with Gasteiger partial charge in [-0.25, -0.2) is 13.8 Å². The average molecular weight is 189 g/mol. The maximum absolute atomic E-state index is 11.9. The first kappa shape index (κ1) is 9.95. The highest BCUT2D eigenvalue weighted by Crippen LogP contribution is 2.08. The molecule has 5 heteroatoms. The van der Waals surface area contributed by atoms with Gasteiger partial charge < -0.3 is 9.88 Å². The summed E-state index contributed by atoms with van der Waals surface area (Å²) < 4.78 is 25.5. The highest BCUT2D eigenvalue weighted by molar-refractivity contribution is 5.28. The summed E-state index contributed by atoms with van der Waals surface area (Å²) in [5, 5.41) is 2.59. The van der Waals surface area contributed by atoms with Gasteiger partial charge in [-0.15, -0.1) is 0 Å². The molecule has 74 valence electrons. The molecule has 13 heavy (non-hydrogen) atoms. The van der Waals surface area contributed by atoms with Crippen LogP contribution in [0.2, 0.25) is 0 Å². The number of nitrogens with one attached hydrogen (secondary N) is 1. The lowest BCUT2D eigenvalue weighted by molar-refractivity contribution is 0.163. The number of rotatable bonds is 4. The van der Waals surface area contributed by atoms with Crippen molar-refractivity contribution in [2.45, 2.75) is 26.8 Å². The van der Waals surface area contributed by atoms with Crippen LogP contribution in [-0.2, 0) is 6.54 Å². The van der Waals surface area contributed by atoms with E-state index in [2.05, 4.69) is 10.3 Å². The van der Waals surface area contributed by atoms with Crippen molar-refractivity contribution >= 4 is 5.95 Å². The fraction of sp³-hybridized carbons (Fsp3) is 0.625. The minimum atomic E-state index is -2.35. The molecule has 0 aliphatic carbocycles. The van der Waals surface area contributed by atoms with Crippen LogP contribution in [0, 0.1) is 6.92 Å². The monoisotopic (exact) mass is 189 g/mol. The highest BCUT2D eigenvalue weighted by atomic mass is 19.3. The van der Waals surface area contributed by atoms with Crippen molar-refractivity contribution in [1.82, 2.24) is 9.55 Å². The molecule has 0 saturated heterocycles. The van der Waals surface area contributed by atoms with Gasteiger partial charge in [0, 0.05) is 12.7 Å². The quantitative estimate of drug-likeness (QED) is 0.783. The molecule has 0 unspecified atom stereocenters. The number of hydrogen-bond donors (Lipinski definition) is 1. The molecule has 0 saturated carbocycles. The zero-order valence-corrected chi connectivity index (χ0v) is 7.72. The van der Waals surface area contributed by atoms with Crippen molar-refractivity contribution in [3.05, 3.63) is 11.9 Å². The van der Waals surface area contributed by atoms with Crippen LogP contribution in [0.4, 0.5) is 14.7 Å². The lowest BCUT2D eigenvalue weighted by Crippen LogP contribution is -2.13. The van der Waals surface area contributed by atoms with Gasteiger partial charge in [-0.1, -0.05) is 0 Å². The molecule has 0 amide bonds. The molecular formula is C8H13F2N3. The summed E-state index contributed by atoms with van der Waals surface area (Å²) in [6, 6.07) is 0. The summed E-state index contributed by atoms with van der Waals surface area (Å²) in [6.07, 6.45) is -0.518. The van der Waals surface area contributed by atoms with E-state index in [1.165, 1.54) is 0 Å². The first-order chi connectivity index (χ1) is 6.13. The first-order valence-corrected chi connectivity index (χ1v) is 4.19. The smallest absolute Gasteiger partial charge is 0.255 e. The van der Waals surface area contributed by atoms with Crippen LogP contribution in [0.15, 0.2) is 6.20 Å². The predicted molar refractivity (Wildman–Crippen MR) is 47.1 cm³/mol. The largest absolute Gasteiger partial charge is 0.350 e. The molecule has 0 radical (unpaired) electrons. The summed E-state index contributed by atoms with van der Waals surface area (Å²) in [4.78, 5) is 4.07. The second-order valence-electron chi connectivity index (χ2n) is 2.76. The molecule has 1 aromatic rings. The van der Waals surface area contributed by atoms with Crippen LogP contribution in [0.3, 0.4) is 0 Å². The third-order valence-corrected chi connectivity index (χ3v) is 1.65. The van der Waals surface area contributed by atoms with Crippen LogP contribution in [0.25, 0.3) is 0 Å². The van der Waals surface area contributed by atoms with E-state index >= 15 is 0 Å². The number of nitrogens with zero attached hydrogens (tertiary/aromatic N) is 2. The van der Waals surface area contributed by atoms with E-state index in [4.69, 9.17) is 0 Å². The molecule has 3 nitrogen and oxygen atoms in total. The summed E-state index contributed by atoms with van der Waals surface area (Å²) in [6.45, 7) is 4.15. The zero-order valence-electron chi connectivity index (χ0n) is 7.72. The van der Waals surface area contributed by atoms with Crippen LogP contribution < -0.4 is 5.32 Å². The second-order valence-corrected chi connectivity index (χ2v) is 2.76. The van der Waals surface area contributed by atoms with Crippen LogP contribution in [0.5, 0.6) is 0 Å². The van der Waals surface area contributed by atoms with Gasteiger partial charge in [0.05, 0.1) is 12.2 Å². The molecule has 0 spiro atoms. The van der Waals surface area contributed by atoms with Crippen LogP contribution in [-0.4, -0.2) is 22.5 Å². The molecule has 0 fully saturated rings. The van der Waals surface area contributed by atoms with Gasteiger partial charge in [-0.05, 0) is 13.8 Å². The van der Waals surface area contributed by atoms with Gasteiger partial charge >= 0.3 is 0 Å². The van der Waals surface area contributed by atoms with Gasteiger partial charge in [0.1, 0.15) is 0 Å². The molecule has 1 heterocycles. The maximum atomic E-state index is 11.9. The lowest BCUT2D eigenvalue weighted by Gasteiger charge is -2.06. The van der Waals surface area contributed by atoms with Gasteiger partial charge in [-0.2, -0.15) is 0 Å². The summed E-state index contributed by atoms with van der Waals surface area (Å²) in [5.41, 5.74) is 0.832. The first-order valence-electron chi connectivity index (χ1n) is 4.19. The number of aryl methyl sites for hydroxylation is 2. The van der Waals surface area contributed by atoms with E-state index in [0.717, 1.165) is 12.2 Å². The normalized spacial score (nSPS) is 10.8. The number of halogens is 2. The Morgan fingerprint density at radius 2 is 2.31 bits per heavy atom. The third kappa shape index (κ3) is 2.68. The predicted octanol–water partition coefficient (Wildman–Crippen LogP) is 1.89. The van der Waals surface area contributed by atoms with Crippen molar-refractivity contribution in [1.29, 1.82) is 0 Å². The van der Waals surface area contributed by atoms with Crippen molar-refractivity contribution < 1.29 is 8.78 Å². The van der Waals surface area contributed by atoms with Crippen molar-refractivity contribution in [3.63, 3.8) is 0 Å². The van der Waals surface area contributed by atoms with Gasteiger partial charge in [0.2, 0.25) is 5.95 Å². The van der Waals surface area contributed by atoms with Gasteiger partial charge in [-0.3, -0.25) is 0 Å². The molecule has 1 rings (SSSR count). The van der Waals surface area contributed by atoms with Crippen LogP contribution in [0.1, 0.15) is 12.6 Å². The molecule has 1 aromatic heterocycles.